The van der Waals surface area contributed by atoms with Gasteiger partial charge in [0.25, 0.3) is 0 Å². The van der Waals surface area contributed by atoms with E-state index in [9.17, 15) is 9.59 Å². The third-order valence-electron chi connectivity index (χ3n) is 5.16. The number of aryl methyl sites for hydroxylation is 1. The van der Waals surface area contributed by atoms with Crippen LogP contribution in [0.15, 0.2) is 51.6 Å². The van der Waals surface area contributed by atoms with Crippen molar-refractivity contribution in [2.75, 3.05) is 13.7 Å². The van der Waals surface area contributed by atoms with Crippen LogP contribution < -0.4 is 5.32 Å². The van der Waals surface area contributed by atoms with Gasteiger partial charge in [-0.25, -0.2) is 9.79 Å². The number of ether oxygens (including phenoxy) is 1. The first-order valence-corrected chi connectivity index (χ1v) is 11.1. The Morgan fingerprint density at radius 2 is 2.03 bits per heavy atom. The van der Waals surface area contributed by atoms with Crippen molar-refractivity contribution in [1.82, 2.24) is 10.2 Å². The zero-order valence-corrected chi connectivity index (χ0v) is 19.0. The van der Waals surface area contributed by atoms with Crippen molar-refractivity contribution in [3.05, 3.63) is 57.8 Å². The molecule has 1 atom stereocenters. The molecule has 3 rings (SSSR count). The molecule has 1 aromatic rings. The first-order chi connectivity index (χ1) is 14.4. The molecule has 2 heterocycles. The number of hydrogen-bond donors (Lipinski definition) is 1. The highest BCUT2D eigenvalue weighted by atomic mass is 32.2. The normalized spacial score (nSPS) is 18.2. The number of hydrogen-bond acceptors (Lipinski definition) is 6. The summed E-state index contributed by atoms with van der Waals surface area (Å²) in [6.45, 7) is 8.78. The Kier molecular flexibility index (Phi) is 7.02. The number of esters is 1. The van der Waals surface area contributed by atoms with Crippen molar-refractivity contribution < 1.29 is 14.3 Å². The number of amidine groups is 1. The Morgan fingerprint density at radius 1 is 1.30 bits per heavy atom. The Balaban J connectivity index is 2.03. The van der Waals surface area contributed by atoms with Gasteiger partial charge in [0.05, 0.1) is 30.8 Å². The van der Waals surface area contributed by atoms with Crippen LogP contribution in [0.4, 0.5) is 0 Å². The van der Waals surface area contributed by atoms with Gasteiger partial charge in [-0.2, -0.15) is 0 Å². The second-order valence-electron chi connectivity index (χ2n) is 7.83. The minimum Gasteiger partial charge on any atom is -0.466 e. The number of fused-ring (bicyclic) bond motifs is 1. The van der Waals surface area contributed by atoms with Crippen LogP contribution in [0.25, 0.3) is 0 Å². The van der Waals surface area contributed by atoms with E-state index in [2.05, 4.69) is 19.2 Å². The molecule has 0 aromatic heterocycles. The van der Waals surface area contributed by atoms with Crippen LogP contribution in [0.5, 0.6) is 0 Å². The fourth-order valence-electron chi connectivity index (χ4n) is 3.65. The summed E-state index contributed by atoms with van der Waals surface area (Å²) in [5.74, 6) is -0.0395. The van der Waals surface area contributed by atoms with E-state index in [-0.39, 0.29) is 24.3 Å². The van der Waals surface area contributed by atoms with Gasteiger partial charge < -0.3 is 15.0 Å². The molecule has 2 aliphatic heterocycles. The van der Waals surface area contributed by atoms with Crippen molar-refractivity contribution in [1.29, 1.82) is 0 Å². The Bertz CT molecular complexity index is 933. The van der Waals surface area contributed by atoms with Crippen LogP contribution in [-0.4, -0.2) is 35.6 Å². The Labute approximate surface area is 182 Å². The number of aliphatic imine (C=N–C) groups is 1. The summed E-state index contributed by atoms with van der Waals surface area (Å²) >= 11 is 1.49. The molecule has 0 saturated heterocycles. The van der Waals surface area contributed by atoms with Crippen molar-refractivity contribution in [3.63, 3.8) is 0 Å². The summed E-state index contributed by atoms with van der Waals surface area (Å²) in [5.41, 5.74) is 4.18. The monoisotopic (exact) mass is 427 g/mol. The van der Waals surface area contributed by atoms with E-state index >= 15 is 0 Å². The summed E-state index contributed by atoms with van der Waals surface area (Å²) < 4.78 is 5.14. The van der Waals surface area contributed by atoms with Gasteiger partial charge in [0.1, 0.15) is 0 Å². The van der Waals surface area contributed by atoms with Crippen molar-refractivity contribution in [3.8, 4) is 0 Å². The van der Waals surface area contributed by atoms with E-state index in [4.69, 9.17) is 9.73 Å². The van der Waals surface area contributed by atoms with Crippen LogP contribution in [0.2, 0.25) is 0 Å². The maximum Gasteiger partial charge on any atom is 0.338 e. The maximum atomic E-state index is 12.8. The summed E-state index contributed by atoms with van der Waals surface area (Å²) in [7, 11) is 1.39. The molecule has 0 radical (unpaired) electrons. The molecule has 6 nitrogen and oxygen atoms in total. The molecule has 1 N–H and O–H groups in total. The van der Waals surface area contributed by atoms with Gasteiger partial charge in [-0.1, -0.05) is 56.8 Å². The fraction of sp³-hybridized carbons (Fsp3) is 0.435. The molecule has 0 spiro atoms. The molecule has 160 valence electrons. The van der Waals surface area contributed by atoms with Crippen molar-refractivity contribution in [2.24, 2.45) is 10.9 Å². The number of methoxy groups -OCH3 is 1. The second-order valence-corrected chi connectivity index (χ2v) is 8.67. The predicted molar refractivity (Wildman–Crippen MR) is 121 cm³/mol. The molecular weight excluding hydrogens is 398 g/mol. The highest BCUT2D eigenvalue weighted by Crippen LogP contribution is 2.46. The van der Waals surface area contributed by atoms with E-state index in [0.29, 0.717) is 24.5 Å². The van der Waals surface area contributed by atoms with Gasteiger partial charge >= 0.3 is 5.97 Å². The summed E-state index contributed by atoms with van der Waals surface area (Å²) in [6.07, 6.45) is 0.853. The number of thioether (sulfide) groups is 1. The highest BCUT2D eigenvalue weighted by molar-refractivity contribution is 8.16. The molecule has 2 aliphatic rings. The lowest BCUT2D eigenvalue weighted by atomic mass is 9.90. The average molecular weight is 428 g/mol. The third-order valence-corrected chi connectivity index (χ3v) is 6.05. The average Bonchev–Trinajstić information content (AvgIpc) is 3.13. The Morgan fingerprint density at radius 3 is 2.67 bits per heavy atom. The number of amides is 1. The third kappa shape index (κ3) is 4.46. The van der Waals surface area contributed by atoms with Crippen molar-refractivity contribution >= 4 is 28.8 Å². The number of carbonyl (C=O) groups is 2. The highest BCUT2D eigenvalue weighted by Gasteiger charge is 2.41. The first kappa shape index (κ1) is 22.2. The predicted octanol–water partition coefficient (Wildman–Crippen LogP) is 4.30. The number of nitrogens with zero attached hydrogens (tertiary/aromatic N) is 2. The van der Waals surface area contributed by atoms with Gasteiger partial charge in [0.15, 0.2) is 5.17 Å². The van der Waals surface area contributed by atoms with E-state index < -0.39 is 0 Å². The number of rotatable bonds is 7. The fourth-order valence-corrected chi connectivity index (χ4v) is 4.58. The van der Waals surface area contributed by atoms with Crippen LogP contribution in [-0.2, 0) is 14.3 Å². The molecule has 1 aromatic carbocycles. The molecule has 30 heavy (non-hydrogen) atoms. The topological polar surface area (TPSA) is 71.0 Å². The molecule has 0 saturated carbocycles. The standard InChI is InChI=1S/C23H29N3O3S/c1-6-18-20(22(28)29-5)21(17-10-8-7-9-15(17)4)26-16(13-30-23(26)25-18)11-19(27)24-12-14(2)3/h7-10,13-14,21H,6,11-12H2,1-5H3,(H,24,27). The minimum atomic E-state index is -0.386. The van der Waals surface area contributed by atoms with E-state index in [1.54, 1.807) is 0 Å². The van der Waals surface area contributed by atoms with E-state index in [1.807, 2.05) is 48.4 Å². The van der Waals surface area contributed by atoms with Gasteiger partial charge in [-0.15, -0.1) is 0 Å². The summed E-state index contributed by atoms with van der Waals surface area (Å²) in [5, 5.41) is 5.73. The van der Waals surface area contributed by atoms with Gasteiger partial charge in [-0.05, 0) is 35.8 Å². The smallest absolute Gasteiger partial charge is 0.338 e. The van der Waals surface area contributed by atoms with Crippen LogP contribution in [0.1, 0.15) is 50.8 Å². The van der Waals surface area contributed by atoms with E-state index in [1.165, 1.54) is 18.9 Å². The molecule has 0 aliphatic carbocycles. The number of carbonyl (C=O) groups excluding carboxylic acids is 2. The zero-order chi connectivity index (χ0) is 21.8. The quantitative estimate of drug-likeness (QED) is 0.657. The van der Waals surface area contributed by atoms with Crippen molar-refractivity contribution in [2.45, 2.75) is 46.6 Å². The largest absolute Gasteiger partial charge is 0.466 e. The lowest BCUT2D eigenvalue weighted by Crippen LogP contribution is -2.38. The first-order valence-electron chi connectivity index (χ1n) is 10.2. The maximum absolute atomic E-state index is 12.8. The molecule has 1 unspecified atom stereocenters. The van der Waals surface area contributed by atoms with Gasteiger partial charge in [0, 0.05) is 12.2 Å². The minimum absolute atomic E-state index is 0.0368. The Hall–Kier alpha value is -2.54. The van der Waals surface area contributed by atoms with Crippen LogP contribution >= 0.6 is 11.8 Å². The number of benzene rings is 1. The second kappa shape index (κ2) is 9.51. The van der Waals surface area contributed by atoms with Gasteiger partial charge in [-0.3, -0.25) is 4.79 Å². The number of nitrogens with one attached hydrogen (secondary N) is 1. The van der Waals surface area contributed by atoms with Crippen LogP contribution in [0.3, 0.4) is 0 Å². The summed E-state index contributed by atoms with van der Waals surface area (Å²) in [4.78, 5) is 32.2. The number of allylic oxidation sites excluding steroid dienone is 1. The van der Waals surface area contributed by atoms with Gasteiger partial charge in [0.2, 0.25) is 5.91 Å². The molecule has 7 heteroatoms. The zero-order valence-electron chi connectivity index (χ0n) is 18.2. The molecular formula is C23H29N3O3S. The lowest BCUT2D eigenvalue weighted by Gasteiger charge is -2.37. The molecule has 0 bridgehead atoms. The van der Waals surface area contributed by atoms with E-state index in [0.717, 1.165) is 27.7 Å². The molecule has 1 amide bonds. The lowest BCUT2D eigenvalue weighted by molar-refractivity contribution is -0.136. The summed E-state index contributed by atoms with van der Waals surface area (Å²) in [6, 6.07) is 7.63. The SMILES string of the molecule is CCC1=C(C(=O)OC)C(c2ccccc2C)N2C(CC(=O)NCC(C)C)=CSC2=N1. The molecule has 0 fully saturated rings. The van der Waals surface area contributed by atoms with Crippen LogP contribution in [0, 0.1) is 12.8 Å².